The Morgan fingerprint density at radius 3 is 2.50 bits per heavy atom. The third-order valence-electron chi connectivity index (χ3n) is 6.78. The number of ether oxygens (including phenoxy) is 1. The maximum absolute atomic E-state index is 15.5. The van der Waals surface area contributed by atoms with Gasteiger partial charge in [0.05, 0.1) is 6.20 Å². The van der Waals surface area contributed by atoms with Gasteiger partial charge >= 0.3 is 5.97 Å². The van der Waals surface area contributed by atoms with E-state index in [2.05, 4.69) is 10.3 Å². The Hall–Kier alpha value is -4.67. The van der Waals surface area contributed by atoms with E-state index >= 15 is 4.39 Å². The van der Waals surface area contributed by atoms with Gasteiger partial charge in [0.1, 0.15) is 29.5 Å². The summed E-state index contributed by atoms with van der Waals surface area (Å²) < 4.78 is 50.3. The molecule has 4 aromatic rings. The van der Waals surface area contributed by atoms with Crippen molar-refractivity contribution in [3.8, 4) is 11.1 Å². The van der Waals surface area contributed by atoms with Crippen LogP contribution in [0.4, 0.5) is 19.0 Å². The summed E-state index contributed by atoms with van der Waals surface area (Å²) in [6.45, 7) is 3.36. The molecule has 0 aliphatic carbocycles. The van der Waals surface area contributed by atoms with Crippen molar-refractivity contribution in [2.45, 2.75) is 39.0 Å². The second kappa shape index (κ2) is 10.8. The van der Waals surface area contributed by atoms with Gasteiger partial charge < -0.3 is 15.0 Å². The molecule has 1 N–H and O–H groups in total. The molecule has 0 unspecified atom stereocenters. The number of nitrogens with zero attached hydrogens (tertiary/aromatic N) is 3. The van der Waals surface area contributed by atoms with E-state index < -0.39 is 34.5 Å². The minimum Gasteiger partial charge on any atom is -0.457 e. The SMILES string of the molecule is CC(=O)N[C@H]1C[C@H](C)N(c2nc3c(-c4ccc(F)cc4F)cc(C(=O)OCc4ccccc4)c(=O)n3cc2F)C1. The number of carbonyl (C=O) groups excluding carboxylic acids is 2. The Morgan fingerprint density at radius 2 is 1.80 bits per heavy atom. The molecule has 1 saturated heterocycles. The number of benzene rings is 2. The average Bonchev–Trinajstić information content (AvgIpc) is 3.27. The second-order valence-electron chi connectivity index (χ2n) is 9.70. The van der Waals surface area contributed by atoms with Crippen LogP contribution in [-0.2, 0) is 16.1 Å². The van der Waals surface area contributed by atoms with Crippen LogP contribution in [-0.4, -0.2) is 39.9 Å². The number of hydrogen-bond donors (Lipinski definition) is 1. The van der Waals surface area contributed by atoms with E-state index in [1.165, 1.54) is 6.92 Å². The minimum atomic E-state index is -0.997. The molecule has 0 radical (unpaired) electrons. The number of esters is 1. The highest BCUT2D eigenvalue weighted by Crippen LogP contribution is 2.31. The Bertz CT molecular complexity index is 1680. The van der Waals surface area contributed by atoms with Crippen LogP contribution in [0.5, 0.6) is 0 Å². The van der Waals surface area contributed by atoms with Crippen LogP contribution in [0.3, 0.4) is 0 Å². The van der Waals surface area contributed by atoms with Gasteiger partial charge in [-0.1, -0.05) is 30.3 Å². The number of hydrogen-bond acceptors (Lipinski definition) is 6. The van der Waals surface area contributed by atoms with E-state index in [-0.39, 0.29) is 53.7 Å². The van der Waals surface area contributed by atoms with Crippen molar-refractivity contribution in [3.63, 3.8) is 0 Å². The highest BCUT2D eigenvalue weighted by atomic mass is 19.1. The van der Waals surface area contributed by atoms with Crippen LogP contribution < -0.4 is 15.8 Å². The Morgan fingerprint density at radius 1 is 1.05 bits per heavy atom. The standard InChI is InChI=1S/C29H25F3N4O4/c1-16-10-20(33-17(2)37)13-35(16)27-25(32)14-36-26(34-27)22(21-9-8-19(30)11-24(21)31)12-23(28(36)38)29(39)40-15-18-6-4-3-5-7-18/h3-9,11-12,14,16,20H,10,13,15H2,1-2H3,(H,33,37)/t16-,20-/m0/s1. The molecule has 1 aliphatic rings. The van der Waals surface area contributed by atoms with Crippen molar-refractivity contribution in [3.05, 3.63) is 99.7 Å². The lowest BCUT2D eigenvalue weighted by Crippen LogP contribution is -2.36. The second-order valence-corrected chi connectivity index (χ2v) is 9.70. The largest absolute Gasteiger partial charge is 0.457 e. The summed E-state index contributed by atoms with van der Waals surface area (Å²) in [4.78, 5) is 43.9. The predicted molar refractivity (Wildman–Crippen MR) is 141 cm³/mol. The zero-order valence-corrected chi connectivity index (χ0v) is 21.7. The van der Waals surface area contributed by atoms with E-state index in [0.717, 1.165) is 28.8 Å². The number of aromatic nitrogens is 2. The average molecular weight is 551 g/mol. The van der Waals surface area contributed by atoms with E-state index in [0.29, 0.717) is 18.1 Å². The summed E-state index contributed by atoms with van der Waals surface area (Å²) in [5, 5.41) is 2.81. The van der Waals surface area contributed by atoms with Crippen LogP contribution in [0.1, 0.15) is 36.2 Å². The monoisotopic (exact) mass is 550 g/mol. The first-order valence-electron chi connectivity index (χ1n) is 12.6. The number of anilines is 1. The molecule has 0 spiro atoms. The summed E-state index contributed by atoms with van der Waals surface area (Å²) in [6.07, 6.45) is 1.42. The molecule has 2 aromatic carbocycles. The van der Waals surface area contributed by atoms with Crippen molar-refractivity contribution < 1.29 is 27.5 Å². The van der Waals surface area contributed by atoms with Crippen LogP contribution >= 0.6 is 0 Å². The van der Waals surface area contributed by atoms with E-state index in [1.54, 1.807) is 35.2 Å². The van der Waals surface area contributed by atoms with Gasteiger partial charge in [-0.25, -0.2) is 22.9 Å². The number of rotatable bonds is 6. The summed E-state index contributed by atoms with van der Waals surface area (Å²) in [5.41, 5.74) is -1.02. The number of nitrogens with one attached hydrogen (secondary N) is 1. The van der Waals surface area contributed by atoms with Crippen LogP contribution in [0.2, 0.25) is 0 Å². The summed E-state index contributed by atoms with van der Waals surface area (Å²) in [6, 6.07) is 12.3. The van der Waals surface area contributed by atoms with Crippen molar-refractivity contribution in [1.29, 1.82) is 0 Å². The highest BCUT2D eigenvalue weighted by Gasteiger charge is 2.33. The van der Waals surface area contributed by atoms with Crippen molar-refractivity contribution >= 4 is 23.3 Å². The first-order chi connectivity index (χ1) is 19.1. The van der Waals surface area contributed by atoms with Gasteiger partial charge in [-0.3, -0.25) is 14.0 Å². The number of carbonyl (C=O) groups is 2. The lowest BCUT2D eigenvalue weighted by molar-refractivity contribution is -0.119. The molecule has 11 heteroatoms. The Balaban J connectivity index is 1.63. The topological polar surface area (TPSA) is 93.0 Å². The molecule has 0 bridgehead atoms. The van der Waals surface area contributed by atoms with Gasteiger partial charge in [0.15, 0.2) is 11.6 Å². The molecule has 206 valence electrons. The number of amides is 1. The van der Waals surface area contributed by atoms with Crippen molar-refractivity contribution in [2.24, 2.45) is 0 Å². The summed E-state index contributed by atoms with van der Waals surface area (Å²) in [7, 11) is 0. The van der Waals surface area contributed by atoms with Gasteiger partial charge in [-0.05, 0) is 37.1 Å². The number of halogens is 3. The lowest BCUT2D eigenvalue weighted by atomic mass is 10.0. The van der Waals surface area contributed by atoms with E-state index in [1.807, 2.05) is 6.92 Å². The first kappa shape index (κ1) is 26.9. The number of pyridine rings is 1. The Labute approximate surface area is 227 Å². The van der Waals surface area contributed by atoms with Gasteiger partial charge in [0, 0.05) is 42.7 Å². The highest BCUT2D eigenvalue weighted by molar-refractivity contribution is 5.93. The number of fused-ring (bicyclic) bond motifs is 1. The van der Waals surface area contributed by atoms with Crippen LogP contribution in [0.25, 0.3) is 16.8 Å². The van der Waals surface area contributed by atoms with E-state index in [4.69, 9.17) is 4.74 Å². The zero-order chi connectivity index (χ0) is 28.6. The molecule has 3 heterocycles. The molecule has 0 saturated carbocycles. The van der Waals surface area contributed by atoms with Gasteiger partial charge in [0.2, 0.25) is 5.91 Å². The maximum Gasteiger partial charge on any atom is 0.344 e. The Kier molecular flexibility index (Phi) is 7.29. The molecule has 5 rings (SSSR count). The fourth-order valence-corrected chi connectivity index (χ4v) is 4.96. The predicted octanol–water partition coefficient (Wildman–Crippen LogP) is 4.24. The molecule has 1 amide bonds. The van der Waals surface area contributed by atoms with Gasteiger partial charge in [-0.2, -0.15) is 0 Å². The molecule has 1 aliphatic heterocycles. The molecule has 2 aromatic heterocycles. The normalized spacial score (nSPS) is 16.8. The van der Waals surface area contributed by atoms with Crippen LogP contribution in [0, 0.1) is 17.5 Å². The molecular formula is C29H25F3N4O4. The fourth-order valence-electron chi connectivity index (χ4n) is 4.96. The summed E-state index contributed by atoms with van der Waals surface area (Å²) >= 11 is 0. The molecular weight excluding hydrogens is 525 g/mol. The van der Waals surface area contributed by atoms with Crippen molar-refractivity contribution in [2.75, 3.05) is 11.4 Å². The quantitative estimate of drug-likeness (QED) is 0.361. The smallest absolute Gasteiger partial charge is 0.344 e. The molecule has 2 atom stereocenters. The van der Waals surface area contributed by atoms with Gasteiger partial charge in [-0.15, -0.1) is 0 Å². The lowest BCUT2D eigenvalue weighted by Gasteiger charge is -2.24. The zero-order valence-electron chi connectivity index (χ0n) is 21.7. The van der Waals surface area contributed by atoms with Gasteiger partial charge in [0.25, 0.3) is 5.56 Å². The first-order valence-corrected chi connectivity index (χ1v) is 12.6. The third-order valence-corrected chi connectivity index (χ3v) is 6.78. The third kappa shape index (κ3) is 5.27. The minimum absolute atomic E-state index is 0.0322. The maximum atomic E-state index is 15.5. The fraction of sp³-hybridized carbons (Fsp3) is 0.241. The van der Waals surface area contributed by atoms with E-state index in [9.17, 15) is 23.2 Å². The molecule has 40 heavy (non-hydrogen) atoms. The molecule has 1 fully saturated rings. The summed E-state index contributed by atoms with van der Waals surface area (Å²) in [5.74, 6) is -3.97. The van der Waals surface area contributed by atoms with Crippen molar-refractivity contribution in [1.82, 2.24) is 14.7 Å². The molecule has 8 nitrogen and oxygen atoms in total. The van der Waals surface area contributed by atoms with Crippen LogP contribution in [0.15, 0.2) is 65.6 Å².